The standard InChI is InChI=1S/C16H24N2O3/c1-12(11-21-2)17-16(20)18(9-13-6-7-13)10-14-4-3-5-15(19)8-14/h3-5,8,12-13,19H,6-7,9-11H2,1-2H3,(H,17,20). The first-order valence-electron chi connectivity index (χ1n) is 7.40. The molecular weight excluding hydrogens is 268 g/mol. The first-order valence-corrected chi connectivity index (χ1v) is 7.40. The lowest BCUT2D eigenvalue weighted by Gasteiger charge is -2.25. The molecule has 1 unspecified atom stereocenters. The van der Waals surface area contributed by atoms with Crippen LogP contribution in [0.4, 0.5) is 4.79 Å². The minimum Gasteiger partial charge on any atom is -0.508 e. The van der Waals surface area contributed by atoms with Crippen LogP contribution in [0.15, 0.2) is 24.3 Å². The number of rotatable bonds is 7. The normalized spacial score (nSPS) is 15.5. The number of phenolic OH excluding ortho intramolecular Hbond substituents is 1. The molecule has 2 amide bonds. The number of aromatic hydroxyl groups is 1. The largest absolute Gasteiger partial charge is 0.508 e. The van der Waals surface area contributed by atoms with Crippen LogP contribution >= 0.6 is 0 Å². The van der Waals surface area contributed by atoms with Gasteiger partial charge in [-0.1, -0.05) is 12.1 Å². The molecule has 2 rings (SSSR count). The second kappa shape index (κ2) is 7.31. The van der Waals surface area contributed by atoms with Crippen molar-refractivity contribution in [3.63, 3.8) is 0 Å². The molecule has 0 aromatic heterocycles. The van der Waals surface area contributed by atoms with E-state index in [2.05, 4.69) is 5.32 Å². The fourth-order valence-electron chi connectivity index (χ4n) is 2.30. The van der Waals surface area contributed by atoms with Gasteiger partial charge >= 0.3 is 6.03 Å². The van der Waals surface area contributed by atoms with Crippen molar-refractivity contribution in [3.8, 4) is 5.75 Å². The zero-order chi connectivity index (χ0) is 15.2. The minimum absolute atomic E-state index is 0.0200. The van der Waals surface area contributed by atoms with E-state index in [0.717, 1.165) is 12.1 Å². The fraction of sp³-hybridized carbons (Fsp3) is 0.562. The molecule has 1 atom stereocenters. The molecule has 0 heterocycles. The maximum Gasteiger partial charge on any atom is 0.317 e. The van der Waals surface area contributed by atoms with E-state index in [1.807, 2.05) is 17.9 Å². The van der Waals surface area contributed by atoms with Crippen molar-refractivity contribution in [1.29, 1.82) is 0 Å². The summed E-state index contributed by atoms with van der Waals surface area (Å²) in [6, 6.07) is 6.96. The van der Waals surface area contributed by atoms with Crippen molar-refractivity contribution in [3.05, 3.63) is 29.8 Å². The molecule has 0 spiro atoms. The molecule has 2 N–H and O–H groups in total. The van der Waals surface area contributed by atoms with Gasteiger partial charge in [-0.25, -0.2) is 4.79 Å². The molecule has 0 bridgehead atoms. The molecular formula is C16H24N2O3. The average Bonchev–Trinajstić information content (AvgIpc) is 3.22. The Balaban J connectivity index is 1.97. The molecule has 0 aliphatic heterocycles. The molecule has 0 radical (unpaired) electrons. The molecule has 1 aromatic rings. The molecule has 1 fully saturated rings. The first-order chi connectivity index (χ1) is 10.1. The summed E-state index contributed by atoms with van der Waals surface area (Å²) in [5.41, 5.74) is 0.935. The number of urea groups is 1. The van der Waals surface area contributed by atoms with Crippen LogP contribution in [-0.2, 0) is 11.3 Å². The first kappa shape index (κ1) is 15.6. The van der Waals surface area contributed by atoms with Crippen LogP contribution in [0.2, 0.25) is 0 Å². The zero-order valence-corrected chi connectivity index (χ0v) is 12.7. The second-order valence-electron chi connectivity index (χ2n) is 5.80. The monoisotopic (exact) mass is 292 g/mol. The predicted molar refractivity (Wildman–Crippen MR) is 81.1 cm³/mol. The molecule has 1 aromatic carbocycles. The van der Waals surface area contributed by atoms with E-state index in [4.69, 9.17) is 4.74 Å². The molecule has 0 saturated heterocycles. The fourth-order valence-corrected chi connectivity index (χ4v) is 2.30. The van der Waals surface area contributed by atoms with E-state index in [0.29, 0.717) is 19.1 Å². The van der Waals surface area contributed by atoms with Gasteiger partial charge in [0, 0.05) is 20.2 Å². The van der Waals surface area contributed by atoms with Gasteiger partial charge in [0.25, 0.3) is 0 Å². The summed E-state index contributed by atoms with van der Waals surface area (Å²) in [4.78, 5) is 14.2. The van der Waals surface area contributed by atoms with Gasteiger partial charge in [0.05, 0.1) is 12.6 Å². The van der Waals surface area contributed by atoms with Gasteiger partial charge in [0.15, 0.2) is 0 Å². The van der Waals surface area contributed by atoms with Crippen LogP contribution in [-0.4, -0.2) is 42.3 Å². The van der Waals surface area contributed by atoms with E-state index >= 15 is 0 Å². The number of nitrogens with one attached hydrogen (secondary N) is 1. The third-order valence-electron chi connectivity index (χ3n) is 3.53. The third kappa shape index (κ3) is 5.27. The van der Waals surface area contributed by atoms with Crippen LogP contribution in [0.1, 0.15) is 25.3 Å². The summed E-state index contributed by atoms with van der Waals surface area (Å²) < 4.78 is 5.05. The van der Waals surface area contributed by atoms with Crippen LogP contribution in [0.3, 0.4) is 0 Å². The lowest BCUT2D eigenvalue weighted by Crippen LogP contribution is -2.45. The summed E-state index contributed by atoms with van der Waals surface area (Å²) in [6.07, 6.45) is 2.38. The smallest absolute Gasteiger partial charge is 0.317 e. The van der Waals surface area contributed by atoms with Crippen LogP contribution in [0, 0.1) is 5.92 Å². The maximum absolute atomic E-state index is 12.4. The Labute approximate surface area is 125 Å². The van der Waals surface area contributed by atoms with Gasteiger partial charge < -0.3 is 20.1 Å². The lowest BCUT2D eigenvalue weighted by molar-refractivity contribution is 0.157. The van der Waals surface area contributed by atoms with Gasteiger partial charge in [-0.15, -0.1) is 0 Å². The number of ether oxygens (including phenoxy) is 1. The Kier molecular flexibility index (Phi) is 5.44. The third-order valence-corrected chi connectivity index (χ3v) is 3.53. The molecule has 1 saturated carbocycles. The summed E-state index contributed by atoms with van der Waals surface area (Å²) in [6.45, 7) is 3.69. The Morgan fingerprint density at radius 2 is 2.29 bits per heavy atom. The van der Waals surface area contributed by atoms with Crippen LogP contribution < -0.4 is 5.32 Å². The number of hydrogen-bond acceptors (Lipinski definition) is 3. The van der Waals surface area contributed by atoms with Crippen molar-refractivity contribution in [2.75, 3.05) is 20.3 Å². The van der Waals surface area contributed by atoms with E-state index in [-0.39, 0.29) is 17.8 Å². The summed E-state index contributed by atoms with van der Waals surface area (Å²) in [7, 11) is 1.62. The highest BCUT2D eigenvalue weighted by molar-refractivity contribution is 5.74. The topological polar surface area (TPSA) is 61.8 Å². The lowest BCUT2D eigenvalue weighted by atomic mass is 10.2. The van der Waals surface area contributed by atoms with E-state index < -0.39 is 0 Å². The SMILES string of the molecule is COCC(C)NC(=O)N(Cc1cccc(O)c1)CC1CC1. The molecule has 21 heavy (non-hydrogen) atoms. The van der Waals surface area contributed by atoms with Crippen LogP contribution in [0.25, 0.3) is 0 Å². The van der Waals surface area contributed by atoms with Crippen molar-refractivity contribution in [2.45, 2.75) is 32.4 Å². The Bertz CT molecular complexity index is 474. The number of amides is 2. The van der Waals surface area contributed by atoms with E-state index in [1.54, 1.807) is 25.3 Å². The Morgan fingerprint density at radius 3 is 2.90 bits per heavy atom. The predicted octanol–water partition coefficient (Wildman–Crippen LogP) is 2.35. The highest BCUT2D eigenvalue weighted by Crippen LogP contribution is 2.30. The number of nitrogens with zero attached hydrogens (tertiary/aromatic N) is 1. The number of methoxy groups -OCH3 is 1. The van der Waals surface area contributed by atoms with Gasteiger partial charge in [0.1, 0.15) is 5.75 Å². The van der Waals surface area contributed by atoms with Crippen molar-refractivity contribution in [1.82, 2.24) is 10.2 Å². The van der Waals surface area contributed by atoms with Crippen molar-refractivity contribution < 1.29 is 14.6 Å². The zero-order valence-electron chi connectivity index (χ0n) is 12.7. The highest BCUT2D eigenvalue weighted by Gasteiger charge is 2.27. The highest BCUT2D eigenvalue weighted by atomic mass is 16.5. The van der Waals surface area contributed by atoms with Gasteiger partial charge in [-0.3, -0.25) is 0 Å². The summed E-state index contributed by atoms with van der Waals surface area (Å²) in [5, 5.41) is 12.5. The quantitative estimate of drug-likeness (QED) is 0.811. The Hall–Kier alpha value is -1.75. The van der Waals surface area contributed by atoms with Gasteiger partial charge in [0.2, 0.25) is 0 Å². The minimum atomic E-state index is -0.0743. The van der Waals surface area contributed by atoms with Crippen LogP contribution in [0.5, 0.6) is 5.75 Å². The summed E-state index contributed by atoms with van der Waals surface area (Å²) in [5.74, 6) is 0.845. The second-order valence-corrected chi connectivity index (χ2v) is 5.80. The molecule has 116 valence electrons. The number of carbonyl (C=O) groups excluding carboxylic acids is 1. The van der Waals surface area contributed by atoms with E-state index in [1.165, 1.54) is 12.8 Å². The number of phenols is 1. The summed E-state index contributed by atoms with van der Waals surface area (Å²) >= 11 is 0. The van der Waals surface area contributed by atoms with Crippen molar-refractivity contribution >= 4 is 6.03 Å². The average molecular weight is 292 g/mol. The van der Waals surface area contributed by atoms with Crippen molar-refractivity contribution in [2.24, 2.45) is 5.92 Å². The number of carbonyl (C=O) groups is 1. The van der Waals surface area contributed by atoms with E-state index in [9.17, 15) is 9.90 Å². The molecule has 5 nitrogen and oxygen atoms in total. The number of hydrogen-bond donors (Lipinski definition) is 2. The maximum atomic E-state index is 12.4. The molecule has 1 aliphatic carbocycles. The molecule has 1 aliphatic rings. The molecule has 5 heteroatoms. The number of benzene rings is 1. The Morgan fingerprint density at radius 1 is 1.52 bits per heavy atom. The van der Waals surface area contributed by atoms with Gasteiger partial charge in [-0.2, -0.15) is 0 Å². The van der Waals surface area contributed by atoms with Gasteiger partial charge in [-0.05, 0) is 43.4 Å².